The van der Waals surface area contributed by atoms with Crippen molar-refractivity contribution in [1.82, 2.24) is 10.1 Å². The van der Waals surface area contributed by atoms with Crippen LogP contribution in [0.3, 0.4) is 0 Å². The molecule has 0 bridgehead atoms. The molecule has 1 amide bonds. The Hall–Kier alpha value is -2.35. The molecule has 0 fully saturated rings. The number of carbonyl (C=O) groups is 2. The molecule has 0 aliphatic rings. The number of ether oxygens (including phenoxy) is 1. The molecule has 0 aromatic carbocycles. The maximum Gasteiger partial charge on any atom is 0.341 e. The van der Waals surface area contributed by atoms with Crippen LogP contribution in [0.5, 0.6) is 0 Å². The maximum absolute atomic E-state index is 12.0. The number of aromatic nitrogens is 2. The third kappa shape index (κ3) is 3.85. The summed E-state index contributed by atoms with van der Waals surface area (Å²) < 4.78 is 9.92. The first kappa shape index (κ1) is 16.0. The molecular formula is C14H15N3O4S. The molecule has 0 radical (unpaired) electrons. The van der Waals surface area contributed by atoms with Crippen LogP contribution >= 0.6 is 11.8 Å². The van der Waals surface area contributed by atoms with E-state index >= 15 is 0 Å². The highest BCUT2D eigenvalue weighted by molar-refractivity contribution is 7.98. The van der Waals surface area contributed by atoms with Crippen LogP contribution in [0.15, 0.2) is 27.9 Å². The van der Waals surface area contributed by atoms with Gasteiger partial charge in [-0.2, -0.15) is 0 Å². The van der Waals surface area contributed by atoms with Crippen molar-refractivity contribution < 1.29 is 18.8 Å². The van der Waals surface area contributed by atoms with Gasteiger partial charge in [-0.1, -0.05) is 5.16 Å². The van der Waals surface area contributed by atoms with Gasteiger partial charge in [0.1, 0.15) is 10.8 Å². The lowest BCUT2D eigenvalue weighted by molar-refractivity contribution is -0.121. The lowest BCUT2D eigenvalue weighted by atomic mass is 10.2. The SMILES string of the molecule is Cc1noc(C)c1CSc1ncccc1C(=O)OCC(N)=O. The lowest BCUT2D eigenvalue weighted by Gasteiger charge is -2.07. The fraction of sp³-hybridized carbons (Fsp3) is 0.286. The number of hydrogen-bond donors (Lipinski definition) is 1. The first-order valence-corrected chi connectivity index (χ1v) is 7.42. The molecule has 2 N–H and O–H groups in total. The Morgan fingerprint density at radius 2 is 2.18 bits per heavy atom. The van der Waals surface area contributed by atoms with Gasteiger partial charge in [0.15, 0.2) is 6.61 Å². The summed E-state index contributed by atoms with van der Waals surface area (Å²) in [5, 5.41) is 4.39. The summed E-state index contributed by atoms with van der Waals surface area (Å²) in [6.07, 6.45) is 1.58. The summed E-state index contributed by atoms with van der Waals surface area (Å²) in [4.78, 5) is 26.8. The van der Waals surface area contributed by atoms with Crippen LogP contribution in [0.1, 0.15) is 27.4 Å². The first-order chi connectivity index (χ1) is 10.5. The minimum Gasteiger partial charge on any atom is -0.452 e. The molecule has 22 heavy (non-hydrogen) atoms. The van der Waals surface area contributed by atoms with Crippen molar-refractivity contribution in [3.8, 4) is 0 Å². The Morgan fingerprint density at radius 1 is 1.41 bits per heavy atom. The second-order valence-corrected chi connectivity index (χ2v) is 5.45. The summed E-state index contributed by atoms with van der Waals surface area (Å²) >= 11 is 1.37. The Kier molecular flexibility index (Phi) is 5.16. The van der Waals surface area contributed by atoms with Gasteiger partial charge in [-0.25, -0.2) is 9.78 Å². The average molecular weight is 321 g/mol. The predicted octanol–water partition coefficient (Wildman–Crippen LogP) is 1.62. The monoisotopic (exact) mass is 321 g/mol. The number of carbonyl (C=O) groups excluding carboxylic acids is 2. The predicted molar refractivity (Wildman–Crippen MR) is 79.3 cm³/mol. The van der Waals surface area contributed by atoms with Crippen molar-refractivity contribution >= 4 is 23.6 Å². The van der Waals surface area contributed by atoms with Gasteiger partial charge in [-0.3, -0.25) is 4.79 Å². The molecule has 0 saturated heterocycles. The van der Waals surface area contributed by atoms with E-state index in [4.69, 9.17) is 15.0 Å². The van der Waals surface area contributed by atoms with Gasteiger partial charge in [0.2, 0.25) is 0 Å². The van der Waals surface area contributed by atoms with Gasteiger partial charge in [0, 0.05) is 17.5 Å². The second-order valence-electron chi connectivity index (χ2n) is 4.49. The highest BCUT2D eigenvalue weighted by Gasteiger charge is 2.17. The standard InChI is InChI=1S/C14H15N3O4S/c1-8-11(9(2)21-17-8)7-22-13-10(4-3-5-16-13)14(19)20-6-12(15)18/h3-5H,6-7H2,1-2H3,(H2,15,18). The number of pyridine rings is 1. The van der Waals surface area contributed by atoms with Crippen molar-refractivity contribution in [2.24, 2.45) is 5.73 Å². The van der Waals surface area contributed by atoms with Gasteiger partial charge in [0.05, 0.1) is 11.3 Å². The minimum atomic E-state index is -0.706. The van der Waals surface area contributed by atoms with Gasteiger partial charge in [-0.15, -0.1) is 11.8 Å². The van der Waals surface area contributed by atoms with E-state index in [2.05, 4.69) is 10.1 Å². The Balaban J connectivity index is 2.11. The van der Waals surface area contributed by atoms with Crippen LogP contribution in [-0.4, -0.2) is 28.6 Å². The molecule has 116 valence electrons. The van der Waals surface area contributed by atoms with E-state index in [1.54, 1.807) is 18.3 Å². The quantitative estimate of drug-likeness (QED) is 0.636. The zero-order chi connectivity index (χ0) is 16.1. The van der Waals surface area contributed by atoms with Crippen molar-refractivity contribution in [2.75, 3.05) is 6.61 Å². The van der Waals surface area contributed by atoms with Gasteiger partial charge in [-0.05, 0) is 26.0 Å². The molecule has 2 aromatic heterocycles. The van der Waals surface area contributed by atoms with E-state index < -0.39 is 18.5 Å². The number of nitrogens with zero attached hydrogens (tertiary/aromatic N) is 2. The molecular weight excluding hydrogens is 306 g/mol. The number of nitrogens with two attached hydrogens (primary N) is 1. The smallest absolute Gasteiger partial charge is 0.341 e. The zero-order valence-electron chi connectivity index (χ0n) is 12.2. The Labute approximate surface area is 131 Å². The molecule has 2 heterocycles. The fourth-order valence-electron chi connectivity index (χ4n) is 1.72. The van der Waals surface area contributed by atoms with E-state index in [1.165, 1.54) is 11.8 Å². The summed E-state index contributed by atoms with van der Waals surface area (Å²) in [7, 11) is 0. The summed E-state index contributed by atoms with van der Waals surface area (Å²) in [5.41, 5.74) is 7.02. The van der Waals surface area contributed by atoms with Crippen molar-refractivity contribution in [3.63, 3.8) is 0 Å². The van der Waals surface area contributed by atoms with Crippen LogP contribution in [-0.2, 0) is 15.3 Å². The normalized spacial score (nSPS) is 10.5. The van der Waals surface area contributed by atoms with Crippen LogP contribution in [0.4, 0.5) is 0 Å². The number of aryl methyl sites for hydroxylation is 2. The van der Waals surface area contributed by atoms with Crippen molar-refractivity contribution in [3.05, 3.63) is 40.9 Å². The highest BCUT2D eigenvalue weighted by Crippen LogP contribution is 2.27. The lowest BCUT2D eigenvalue weighted by Crippen LogP contribution is -2.21. The Bertz CT molecular complexity index is 680. The first-order valence-electron chi connectivity index (χ1n) is 6.44. The molecule has 0 aliphatic heterocycles. The van der Waals surface area contributed by atoms with Gasteiger partial charge >= 0.3 is 5.97 Å². The van der Waals surface area contributed by atoms with Crippen LogP contribution in [0, 0.1) is 13.8 Å². The number of rotatable bonds is 6. The van der Waals surface area contributed by atoms with E-state index in [-0.39, 0.29) is 0 Å². The van der Waals surface area contributed by atoms with E-state index in [9.17, 15) is 9.59 Å². The largest absolute Gasteiger partial charge is 0.452 e. The van der Waals surface area contributed by atoms with Crippen LogP contribution in [0.25, 0.3) is 0 Å². The van der Waals surface area contributed by atoms with Crippen LogP contribution < -0.4 is 5.73 Å². The molecule has 8 heteroatoms. The van der Waals surface area contributed by atoms with E-state index in [0.717, 1.165) is 17.0 Å². The third-order valence-corrected chi connectivity index (χ3v) is 3.90. The number of primary amides is 1. The van der Waals surface area contributed by atoms with Gasteiger partial charge in [0.25, 0.3) is 5.91 Å². The maximum atomic E-state index is 12.0. The molecule has 0 unspecified atom stereocenters. The Morgan fingerprint density at radius 3 is 2.82 bits per heavy atom. The van der Waals surface area contributed by atoms with Crippen LogP contribution in [0.2, 0.25) is 0 Å². The summed E-state index contributed by atoms with van der Waals surface area (Å²) in [6, 6.07) is 3.22. The second kappa shape index (κ2) is 7.08. The number of esters is 1. The molecule has 2 rings (SSSR count). The molecule has 2 aromatic rings. The third-order valence-electron chi connectivity index (χ3n) is 2.87. The summed E-state index contributed by atoms with van der Waals surface area (Å²) in [6.45, 7) is 3.23. The van der Waals surface area contributed by atoms with E-state index in [1.807, 2.05) is 13.8 Å². The van der Waals surface area contributed by atoms with Gasteiger partial charge < -0.3 is 15.0 Å². The molecule has 0 saturated carbocycles. The summed E-state index contributed by atoms with van der Waals surface area (Å²) in [5.74, 6) is -0.0389. The topological polar surface area (TPSA) is 108 Å². The zero-order valence-corrected chi connectivity index (χ0v) is 13.0. The molecule has 0 spiro atoms. The molecule has 7 nitrogen and oxygen atoms in total. The number of amides is 1. The molecule has 0 aliphatic carbocycles. The van der Waals surface area contributed by atoms with E-state index in [0.29, 0.717) is 16.3 Å². The number of hydrogen-bond acceptors (Lipinski definition) is 7. The van der Waals surface area contributed by atoms with Crippen molar-refractivity contribution in [1.29, 1.82) is 0 Å². The average Bonchev–Trinajstić information content (AvgIpc) is 2.82. The highest BCUT2D eigenvalue weighted by atomic mass is 32.2. The molecule has 0 atom stereocenters. The minimum absolute atomic E-state index is 0.292. The van der Waals surface area contributed by atoms with Crippen molar-refractivity contribution in [2.45, 2.75) is 24.6 Å². The fourth-order valence-corrected chi connectivity index (χ4v) is 2.86. The number of thioether (sulfide) groups is 1.